The van der Waals surface area contributed by atoms with Crippen molar-refractivity contribution in [3.63, 3.8) is 0 Å². The number of carbonyl (C=O) groups is 1. The van der Waals surface area contributed by atoms with Gasteiger partial charge < -0.3 is 15.2 Å². The summed E-state index contributed by atoms with van der Waals surface area (Å²) in [7, 11) is 1.58. The van der Waals surface area contributed by atoms with Gasteiger partial charge in [0.05, 0.1) is 25.5 Å². The minimum atomic E-state index is -0.315. The van der Waals surface area contributed by atoms with Crippen molar-refractivity contribution in [3.05, 3.63) is 47.8 Å². The van der Waals surface area contributed by atoms with Crippen LogP contribution in [0.25, 0.3) is 11.0 Å². The summed E-state index contributed by atoms with van der Waals surface area (Å²) in [6.07, 6.45) is 4.31. The Bertz CT molecular complexity index is 935. The fourth-order valence-corrected chi connectivity index (χ4v) is 3.30. The molecule has 0 spiro atoms. The average molecular weight is 353 g/mol. The Balaban J connectivity index is 1.60. The van der Waals surface area contributed by atoms with Crippen LogP contribution in [0.2, 0.25) is 0 Å². The number of aromatic amines is 1. The summed E-state index contributed by atoms with van der Waals surface area (Å²) in [4.78, 5) is 17.0. The summed E-state index contributed by atoms with van der Waals surface area (Å²) >= 11 is 0. The van der Waals surface area contributed by atoms with Crippen molar-refractivity contribution in [2.75, 3.05) is 7.11 Å². The number of hydrogen-bond donors (Lipinski definition) is 3. The van der Waals surface area contributed by atoms with Gasteiger partial charge in [-0.2, -0.15) is 15.4 Å². The third kappa shape index (κ3) is 3.11. The van der Waals surface area contributed by atoms with Crippen LogP contribution in [-0.2, 0) is 0 Å². The number of ether oxygens (including phenoxy) is 1. The van der Waals surface area contributed by atoms with Gasteiger partial charge in [-0.25, -0.2) is 0 Å². The van der Waals surface area contributed by atoms with E-state index in [1.807, 2.05) is 6.07 Å². The molecule has 0 radical (unpaired) electrons. The molecule has 3 aromatic rings. The van der Waals surface area contributed by atoms with Crippen LogP contribution >= 0.6 is 0 Å². The van der Waals surface area contributed by atoms with E-state index in [4.69, 9.17) is 4.74 Å². The summed E-state index contributed by atoms with van der Waals surface area (Å²) in [5.74, 6) is 0.577. The monoisotopic (exact) mass is 353 g/mol. The van der Waals surface area contributed by atoms with E-state index in [1.165, 1.54) is 0 Å². The minimum absolute atomic E-state index is 0.152. The highest BCUT2D eigenvalue weighted by Crippen LogP contribution is 2.38. The molecule has 2 aromatic heterocycles. The second kappa shape index (κ2) is 6.72. The third-order valence-electron chi connectivity index (χ3n) is 4.82. The second-order valence-corrected chi connectivity index (χ2v) is 6.52. The van der Waals surface area contributed by atoms with Crippen molar-refractivity contribution in [3.8, 4) is 5.75 Å². The lowest BCUT2D eigenvalue weighted by Crippen LogP contribution is -2.41. The van der Waals surface area contributed by atoms with Gasteiger partial charge in [-0.3, -0.25) is 9.78 Å². The van der Waals surface area contributed by atoms with Crippen molar-refractivity contribution in [2.45, 2.75) is 25.0 Å². The van der Waals surface area contributed by atoms with E-state index in [-0.39, 0.29) is 24.0 Å². The lowest BCUT2D eigenvalue weighted by molar-refractivity contribution is 0.0234. The molecule has 1 saturated carbocycles. The number of fused-ring (bicyclic) bond motifs is 1. The summed E-state index contributed by atoms with van der Waals surface area (Å²) in [6, 6.07) is 6.79. The van der Waals surface area contributed by atoms with E-state index >= 15 is 0 Å². The van der Waals surface area contributed by atoms with E-state index in [0.717, 1.165) is 5.56 Å². The Kier molecular flexibility index (Phi) is 4.26. The number of rotatable bonds is 5. The van der Waals surface area contributed by atoms with Gasteiger partial charge in [-0.05, 0) is 48.6 Å². The maximum absolute atomic E-state index is 12.8. The van der Waals surface area contributed by atoms with Crippen LogP contribution in [0, 0.1) is 5.92 Å². The normalized spacial score (nSPS) is 20.4. The largest absolute Gasteiger partial charge is 0.495 e. The molecule has 1 atom stereocenters. The Labute approximate surface area is 149 Å². The first-order chi connectivity index (χ1) is 12.6. The van der Waals surface area contributed by atoms with Gasteiger partial charge >= 0.3 is 0 Å². The van der Waals surface area contributed by atoms with Crippen LogP contribution in [0.1, 0.15) is 34.8 Å². The average Bonchev–Trinajstić information content (AvgIpc) is 3.11. The fourth-order valence-electron chi connectivity index (χ4n) is 3.30. The fraction of sp³-hybridized carbons (Fsp3) is 0.333. The minimum Gasteiger partial charge on any atom is -0.495 e. The molecule has 1 aliphatic carbocycles. The van der Waals surface area contributed by atoms with Gasteiger partial charge in [0, 0.05) is 11.8 Å². The highest BCUT2D eigenvalue weighted by molar-refractivity contribution is 5.97. The van der Waals surface area contributed by atoms with Crippen LogP contribution in [0.15, 0.2) is 36.7 Å². The molecule has 8 nitrogen and oxygen atoms in total. The highest BCUT2D eigenvalue weighted by atomic mass is 16.5. The van der Waals surface area contributed by atoms with E-state index in [9.17, 15) is 9.90 Å². The third-order valence-corrected chi connectivity index (χ3v) is 4.82. The van der Waals surface area contributed by atoms with E-state index in [0.29, 0.717) is 35.2 Å². The summed E-state index contributed by atoms with van der Waals surface area (Å²) in [5.41, 5.74) is 2.71. The molecule has 26 heavy (non-hydrogen) atoms. The Hall–Kier alpha value is -3.00. The summed E-state index contributed by atoms with van der Waals surface area (Å²) < 4.78 is 5.24. The van der Waals surface area contributed by atoms with E-state index in [2.05, 4.69) is 25.7 Å². The number of hydrogen-bond acceptors (Lipinski definition) is 6. The van der Waals surface area contributed by atoms with Gasteiger partial charge in [-0.15, -0.1) is 0 Å². The predicted molar refractivity (Wildman–Crippen MR) is 93.6 cm³/mol. The maximum Gasteiger partial charge on any atom is 0.251 e. The quantitative estimate of drug-likeness (QED) is 0.642. The standard InChI is InChI=1S/C18H19N5O3/c1-26-14-6-12(8-19-9-14)17(11-4-13(24)5-11)20-18(25)10-2-3-15-16(7-10)22-23-21-15/h2-3,6-9,11,13,17,24H,4-5H2,1H3,(H,20,25)(H,21,22,23)/t11?,13?,17-/m0/s1. The van der Waals surface area contributed by atoms with Crippen LogP contribution in [0.5, 0.6) is 5.75 Å². The first-order valence-electron chi connectivity index (χ1n) is 8.42. The number of benzene rings is 1. The molecule has 0 saturated heterocycles. The first kappa shape index (κ1) is 16.5. The number of aliphatic hydroxyl groups excluding tert-OH is 1. The maximum atomic E-state index is 12.8. The van der Waals surface area contributed by atoms with Gasteiger partial charge in [0.1, 0.15) is 16.8 Å². The Morgan fingerprint density at radius 1 is 1.27 bits per heavy atom. The number of aromatic nitrogens is 4. The summed E-state index contributed by atoms with van der Waals surface area (Å²) in [5, 5.41) is 23.3. The number of pyridine rings is 1. The number of amides is 1. The topological polar surface area (TPSA) is 113 Å². The number of nitrogens with one attached hydrogen (secondary N) is 2. The van der Waals surface area contributed by atoms with Crippen LogP contribution in [-0.4, -0.2) is 44.6 Å². The zero-order chi connectivity index (χ0) is 18.1. The molecule has 0 aliphatic heterocycles. The number of H-pyrrole nitrogens is 1. The van der Waals surface area contributed by atoms with Gasteiger partial charge in [0.15, 0.2) is 0 Å². The lowest BCUT2D eigenvalue weighted by atomic mass is 9.75. The molecule has 8 heteroatoms. The van der Waals surface area contributed by atoms with Crippen molar-refractivity contribution >= 4 is 16.9 Å². The van der Waals surface area contributed by atoms with E-state index < -0.39 is 0 Å². The van der Waals surface area contributed by atoms with Crippen molar-refractivity contribution in [2.24, 2.45) is 5.92 Å². The van der Waals surface area contributed by atoms with Gasteiger partial charge in [-0.1, -0.05) is 0 Å². The zero-order valence-corrected chi connectivity index (χ0v) is 14.2. The zero-order valence-electron chi connectivity index (χ0n) is 14.2. The molecular formula is C18H19N5O3. The molecule has 1 fully saturated rings. The van der Waals surface area contributed by atoms with Gasteiger partial charge in [0.2, 0.25) is 0 Å². The molecule has 0 bridgehead atoms. The predicted octanol–water partition coefficient (Wildman–Crippen LogP) is 1.60. The molecule has 4 rings (SSSR count). The number of aliphatic hydroxyl groups is 1. The molecule has 0 unspecified atom stereocenters. The first-order valence-corrected chi connectivity index (χ1v) is 8.42. The molecule has 134 valence electrons. The second-order valence-electron chi connectivity index (χ2n) is 6.52. The molecule has 1 aromatic carbocycles. The highest BCUT2D eigenvalue weighted by Gasteiger charge is 2.36. The Morgan fingerprint density at radius 2 is 2.08 bits per heavy atom. The number of carbonyl (C=O) groups excluding carboxylic acids is 1. The number of nitrogens with zero attached hydrogens (tertiary/aromatic N) is 3. The Morgan fingerprint density at radius 3 is 2.85 bits per heavy atom. The van der Waals surface area contributed by atoms with E-state index in [1.54, 1.807) is 37.7 Å². The van der Waals surface area contributed by atoms with Crippen molar-refractivity contribution in [1.82, 2.24) is 25.7 Å². The van der Waals surface area contributed by atoms with Crippen LogP contribution in [0.4, 0.5) is 0 Å². The summed E-state index contributed by atoms with van der Waals surface area (Å²) in [6.45, 7) is 0. The van der Waals surface area contributed by atoms with Gasteiger partial charge in [0.25, 0.3) is 5.91 Å². The van der Waals surface area contributed by atoms with Crippen LogP contribution in [0.3, 0.4) is 0 Å². The number of methoxy groups -OCH3 is 1. The SMILES string of the molecule is COc1cncc([C@@H](NC(=O)c2ccc3n[nH]nc3c2)C2CC(O)C2)c1. The van der Waals surface area contributed by atoms with Crippen molar-refractivity contribution < 1.29 is 14.6 Å². The van der Waals surface area contributed by atoms with Crippen LogP contribution < -0.4 is 10.1 Å². The lowest BCUT2D eigenvalue weighted by Gasteiger charge is -2.38. The molecule has 1 aliphatic rings. The molecular weight excluding hydrogens is 334 g/mol. The molecule has 3 N–H and O–H groups in total. The molecule has 2 heterocycles. The molecule has 1 amide bonds. The smallest absolute Gasteiger partial charge is 0.251 e. The van der Waals surface area contributed by atoms with Crippen molar-refractivity contribution in [1.29, 1.82) is 0 Å².